The summed E-state index contributed by atoms with van der Waals surface area (Å²) in [6, 6.07) is 5.66. The Hall–Kier alpha value is -3.49. The lowest BCUT2D eigenvalue weighted by molar-refractivity contribution is -0.119. The molecule has 0 radical (unpaired) electrons. The predicted molar refractivity (Wildman–Crippen MR) is 135 cm³/mol. The van der Waals surface area contributed by atoms with E-state index in [0.29, 0.717) is 34.5 Å². The topological polar surface area (TPSA) is 105 Å². The molecule has 2 heterocycles. The van der Waals surface area contributed by atoms with Crippen molar-refractivity contribution in [2.24, 2.45) is 17.8 Å². The van der Waals surface area contributed by atoms with Crippen LogP contribution in [0, 0.1) is 37.4 Å². The van der Waals surface area contributed by atoms with E-state index in [0.717, 1.165) is 36.9 Å². The average Bonchev–Trinajstić information content (AvgIpc) is 3.76. The molecule has 2 saturated carbocycles. The Kier molecular flexibility index (Phi) is 6.40. The van der Waals surface area contributed by atoms with Crippen LogP contribution < -0.4 is 10.6 Å². The molecule has 1 atom stereocenters. The normalized spacial score (nSPS) is 16.4. The molecule has 2 amide bonds. The Labute approximate surface area is 210 Å². The lowest BCUT2D eigenvalue weighted by Crippen LogP contribution is -2.50. The monoisotopic (exact) mass is 492 g/mol. The third-order valence-electron chi connectivity index (χ3n) is 7.31. The second kappa shape index (κ2) is 9.52. The molecule has 2 aromatic heterocycles. The highest BCUT2D eigenvalue weighted by Gasteiger charge is 2.48. The minimum atomic E-state index is -0.700. The summed E-state index contributed by atoms with van der Waals surface area (Å²) in [5.41, 5.74) is 3.43. The summed E-state index contributed by atoms with van der Waals surface area (Å²) in [6.45, 7) is 7.58. The van der Waals surface area contributed by atoms with Crippen LogP contribution in [0.1, 0.15) is 67.4 Å². The zero-order valence-corrected chi connectivity index (χ0v) is 21.1. The zero-order valence-electron chi connectivity index (χ0n) is 21.1. The minimum absolute atomic E-state index is 0.0136. The number of aromatic amines is 1. The molecule has 0 aliphatic heterocycles. The van der Waals surface area contributed by atoms with Crippen LogP contribution in [0.15, 0.2) is 30.5 Å². The van der Waals surface area contributed by atoms with Gasteiger partial charge in [0.15, 0.2) is 0 Å². The molecule has 2 fully saturated rings. The van der Waals surface area contributed by atoms with Crippen LogP contribution in [0.4, 0.5) is 10.1 Å². The maximum absolute atomic E-state index is 15.1. The van der Waals surface area contributed by atoms with Gasteiger partial charge in [-0.3, -0.25) is 19.4 Å². The molecule has 8 nitrogen and oxygen atoms in total. The lowest BCUT2D eigenvalue weighted by atomic mass is 9.88. The number of aryl methyl sites for hydroxylation is 2. The van der Waals surface area contributed by atoms with Crippen molar-refractivity contribution < 1.29 is 14.0 Å². The third-order valence-corrected chi connectivity index (χ3v) is 7.31. The standard InChI is InChI=1S/C27H33FN6O2/c1-14(2)34-22(11-12-29-34)26(35)31-25(24(17-5-6-17)18-7-8-18)27(36)30-19-9-10-20(21(28)13-19)23-15(3)32-33-16(23)4/h9-14,17-18,24-25H,5-8H2,1-4H3,(H,30,36)(H,31,35)(H,32,33)/t25-/m0/s1. The molecular weight excluding hydrogens is 459 g/mol. The number of hydrogen-bond acceptors (Lipinski definition) is 4. The largest absolute Gasteiger partial charge is 0.339 e. The maximum atomic E-state index is 15.1. The number of anilines is 1. The van der Waals surface area contributed by atoms with Crippen molar-refractivity contribution in [1.29, 1.82) is 0 Å². The van der Waals surface area contributed by atoms with E-state index in [4.69, 9.17) is 0 Å². The van der Waals surface area contributed by atoms with Crippen LogP contribution in [0.3, 0.4) is 0 Å². The number of rotatable bonds is 9. The average molecular weight is 493 g/mol. The first-order chi connectivity index (χ1) is 17.2. The van der Waals surface area contributed by atoms with Crippen LogP contribution >= 0.6 is 0 Å². The quantitative estimate of drug-likeness (QED) is 0.400. The molecule has 2 aliphatic rings. The van der Waals surface area contributed by atoms with Crippen molar-refractivity contribution >= 4 is 17.5 Å². The summed E-state index contributed by atoms with van der Waals surface area (Å²) in [5, 5.41) is 17.2. The summed E-state index contributed by atoms with van der Waals surface area (Å²) in [6.07, 6.45) is 5.86. The third kappa shape index (κ3) is 4.79. The van der Waals surface area contributed by atoms with Crippen molar-refractivity contribution in [3.05, 3.63) is 53.4 Å². The van der Waals surface area contributed by atoms with E-state index in [1.54, 1.807) is 29.1 Å². The molecular formula is C27H33FN6O2. The Morgan fingerprint density at radius 1 is 1.11 bits per heavy atom. The first-order valence-corrected chi connectivity index (χ1v) is 12.7. The molecule has 0 saturated heterocycles. The van der Waals surface area contributed by atoms with Gasteiger partial charge >= 0.3 is 0 Å². The van der Waals surface area contributed by atoms with Crippen molar-refractivity contribution in [1.82, 2.24) is 25.3 Å². The van der Waals surface area contributed by atoms with Gasteiger partial charge in [-0.05, 0) is 95.4 Å². The zero-order chi connectivity index (χ0) is 25.6. The van der Waals surface area contributed by atoms with Gasteiger partial charge in [0.2, 0.25) is 5.91 Å². The highest BCUT2D eigenvalue weighted by molar-refractivity contribution is 6.01. The van der Waals surface area contributed by atoms with Crippen LogP contribution in [-0.4, -0.2) is 37.8 Å². The van der Waals surface area contributed by atoms with Crippen molar-refractivity contribution in [3.8, 4) is 11.1 Å². The minimum Gasteiger partial charge on any atom is -0.339 e. The molecule has 5 rings (SSSR count). The first kappa shape index (κ1) is 24.2. The number of benzene rings is 1. The lowest BCUT2D eigenvalue weighted by Gasteiger charge is -2.28. The van der Waals surface area contributed by atoms with Gasteiger partial charge in [-0.1, -0.05) is 0 Å². The van der Waals surface area contributed by atoms with Gasteiger partial charge in [0.05, 0.1) is 5.69 Å². The maximum Gasteiger partial charge on any atom is 0.270 e. The van der Waals surface area contributed by atoms with Gasteiger partial charge in [-0.2, -0.15) is 10.2 Å². The Morgan fingerprint density at radius 2 is 1.81 bits per heavy atom. The molecule has 3 aromatic rings. The SMILES string of the molecule is Cc1n[nH]c(C)c1-c1ccc(NC(=O)[C@@H](NC(=O)c2ccnn2C(C)C)C(C2CC2)C2CC2)cc1F. The molecule has 36 heavy (non-hydrogen) atoms. The van der Waals surface area contributed by atoms with Gasteiger partial charge in [0.25, 0.3) is 5.91 Å². The summed E-state index contributed by atoms with van der Waals surface area (Å²) < 4.78 is 16.8. The van der Waals surface area contributed by atoms with Crippen LogP contribution in [0.2, 0.25) is 0 Å². The summed E-state index contributed by atoms with van der Waals surface area (Å²) in [7, 11) is 0. The number of carbonyl (C=O) groups is 2. The van der Waals surface area contributed by atoms with Gasteiger partial charge in [0.1, 0.15) is 17.6 Å². The first-order valence-electron chi connectivity index (χ1n) is 12.7. The highest BCUT2D eigenvalue weighted by Crippen LogP contribution is 2.51. The predicted octanol–water partition coefficient (Wildman–Crippen LogP) is 4.78. The van der Waals surface area contributed by atoms with Gasteiger partial charge < -0.3 is 10.6 Å². The molecule has 0 bridgehead atoms. The van der Waals surface area contributed by atoms with E-state index in [9.17, 15) is 9.59 Å². The fraction of sp³-hybridized carbons (Fsp3) is 0.481. The Morgan fingerprint density at radius 3 is 2.36 bits per heavy atom. The number of amides is 2. The fourth-order valence-electron chi connectivity index (χ4n) is 5.31. The number of hydrogen-bond donors (Lipinski definition) is 3. The second-order valence-electron chi connectivity index (χ2n) is 10.5. The number of H-pyrrole nitrogens is 1. The van der Waals surface area contributed by atoms with Crippen LogP contribution in [-0.2, 0) is 4.79 Å². The molecule has 3 N–H and O–H groups in total. The van der Waals surface area contributed by atoms with Crippen molar-refractivity contribution in [2.75, 3.05) is 5.32 Å². The van der Waals surface area contributed by atoms with E-state index in [1.807, 2.05) is 27.7 Å². The van der Waals surface area contributed by atoms with Gasteiger partial charge in [0, 0.05) is 34.7 Å². The Bertz CT molecular complexity index is 1260. The van der Waals surface area contributed by atoms with E-state index in [-0.39, 0.29) is 23.8 Å². The highest BCUT2D eigenvalue weighted by atomic mass is 19.1. The second-order valence-corrected chi connectivity index (χ2v) is 10.5. The molecule has 2 aliphatic carbocycles. The number of aromatic nitrogens is 4. The van der Waals surface area contributed by atoms with Crippen molar-refractivity contribution in [2.45, 2.75) is 65.5 Å². The van der Waals surface area contributed by atoms with E-state index in [2.05, 4.69) is 25.9 Å². The molecule has 9 heteroatoms. The van der Waals surface area contributed by atoms with Crippen molar-refractivity contribution in [3.63, 3.8) is 0 Å². The van der Waals surface area contributed by atoms with E-state index in [1.165, 1.54) is 6.07 Å². The number of nitrogens with one attached hydrogen (secondary N) is 3. The van der Waals surface area contributed by atoms with Gasteiger partial charge in [-0.15, -0.1) is 0 Å². The smallest absolute Gasteiger partial charge is 0.270 e. The summed E-state index contributed by atoms with van der Waals surface area (Å²) in [4.78, 5) is 26.9. The summed E-state index contributed by atoms with van der Waals surface area (Å²) in [5.74, 6) is -0.150. The van der Waals surface area contributed by atoms with Crippen LogP contribution in [0.25, 0.3) is 11.1 Å². The molecule has 190 valence electrons. The number of carbonyl (C=O) groups excluding carboxylic acids is 2. The molecule has 0 spiro atoms. The van der Waals surface area contributed by atoms with Gasteiger partial charge in [-0.25, -0.2) is 4.39 Å². The van der Waals surface area contributed by atoms with E-state index < -0.39 is 11.9 Å². The van der Waals surface area contributed by atoms with E-state index >= 15 is 4.39 Å². The number of nitrogens with zero attached hydrogens (tertiary/aromatic N) is 3. The molecule has 0 unspecified atom stereocenters. The summed E-state index contributed by atoms with van der Waals surface area (Å²) >= 11 is 0. The van der Waals surface area contributed by atoms with Crippen LogP contribution in [0.5, 0.6) is 0 Å². The number of halogens is 1. The molecule has 1 aromatic carbocycles. The fourth-order valence-corrected chi connectivity index (χ4v) is 5.31. The Balaban J connectivity index is 1.39.